The van der Waals surface area contributed by atoms with Crippen molar-refractivity contribution in [3.63, 3.8) is 0 Å². The van der Waals surface area contributed by atoms with Crippen molar-refractivity contribution in [2.45, 2.75) is 19.1 Å². The summed E-state index contributed by atoms with van der Waals surface area (Å²) < 4.78 is 36.1. The third-order valence-electron chi connectivity index (χ3n) is 2.90. The Morgan fingerprint density at radius 2 is 2.10 bits per heavy atom. The van der Waals surface area contributed by atoms with Crippen LogP contribution >= 0.6 is 0 Å². The van der Waals surface area contributed by atoms with Crippen molar-refractivity contribution in [3.8, 4) is 0 Å². The molecule has 2 amide bonds. The Morgan fingerprint density at radius 3 is 2.62 bits per heavy atom. The number of amides is 2. The molecular weight excluding hydrogens is 291 g/mol. The molecule has 0 fully saturated rings. The number of hydrogen-bond acceptors (Lipinski definition) is 3. The summed E-state index contributed by atoms with van der Waals surface area (Å²) in [5.74, 6) is 0. The number of rotatable bonds is 4. The number of hydrogen-bond donors (Lipinski definition) is 1. The van der Waals surface area contributed by atoms with Gasteiger partial charge in [0.1, 0.15) is 6.54 Å². The van der Waals surface area contributed by atoms with Gasteiger partial charge in [0.2, 0.25) is 0 Å². The van der Waals surface area contributed by atoms with Crippen LogP contribution in [0.2, 0.25) is 0 Å². The number of nitro benzene ring substituents is 1. The molecule has 0 radical (unpaired) electrons. The zero-order chi connectivity index (χ0) is 16.2. The molecular formula is C12H14F3N3O3. The van der Waals surface area contributed by atoms with Crippen LogP contribution in [0.1, 0.15) is 18.5 Å². The minimum atomic E-state index is -4.49. The summed E-state index contributed by atoms with van der Waals surface area (Å²) in [6.07, 6.45) is -4.49. The maximum atomic E-state index is 12.0. The molecule has 0 aliphatic carbocycles. The van der Waals surface area contributed by atoms with Crippen LogP contribution in [0.5, 0.6) is 0 Å². The lowest BCUT2D eigenvalue weighted by Crippen LogP contribution is -2.42. The number of non-ortho nitro benzene ring substituents is 1. The first-order chi connectivity index (χ1) is 9.61. The Hall–Kier alpha value is -2.32. The third-order valence-corrected chi connectivity index (χ3v) is 2.90. The molecule has 0 aliphatic rings. The first-order valence-corrected chi connectivity index (χ1v) is 5.93. The number of halogens is 3. The lowest BCUT2D eigenvalue weighted by molar-refractivity contribution is -0.384. The summed E-state index contributed by atoms with van der Waals surface area (Å²) in [6.45, 7) is 0.129. The molecule has 0 spiro atoms. The van der Waals surface area contributed by atoms with Crippen LogP contribution in [0.3, 0.4) is 0 Å². The standard InChI is InChI=1S/C12H14F3N3O3/c1-8(9-4-3-5-10(6-9)18(20)21)17(2)11(19)16-7-12(13,14)15/h3-6,8H,7H2,1-2H3,(H,16,19)/t8-/m1/s1. The van der Waals surface area contributed by atoms with Crippen LogP contribution in [0.25, 0.3) is 0 Å². The average molecular weight is 305 g/mol. The number of nitrogens with zero attached hydrogens (tertiary/aromatic N) is 2. The summed E-state index contributed by atoms with van der Waals surface area (Å²) in [7, 11) is 1.31. The van der Waals surface area contributed by atoms with Gasteiger partial charge >= 0.3 is 12.2 Å². The first kappa shape index (κ1) is 16.7. The zero-order valence-corrected chi connectivity index (χ0v) is 11.3. The van der Waals surface area contributed by atoms with Crippen molar-refractivity contribution in [1.29, 1.82) is 0 Å². The summed E-state index contributed by atoms with van der Waals surface area (Å²) in [6, 6.07) is 4.05. The van der Waals surface area contributed by atoms with Gasteiger partial charge in [0.15, 0.2) is 0 Å². The number of alkyl halides is 3. The van der Waals surface area contributed by atoms with Gasteiger partial charge in [0, 0.05) is 19.2 Å². The van der Waals surface area contributed by atoms with Crippen LogP contribution in [0.15, 0.2) is 24.3 Å². The minimum absolute atomic E-state index is 0.150. The van der Waals surface area contributed by atoms with E-state index in [1.54, 1.807) is 18.3 Å². The van der Waals surface area contributed by atoms with E-state index in [9.17, 15) is 28.1 Å². The second-order valence-corrected chi connectivity index (χ2v) is 4.41. The van der Waals surface area contributed by atoms with Gasteiger partial charge in [-0.1, -0.05) is 12.1 Å². The summed E-state index contributed by atoms with van der Waals surface area (Å²) in [5.41, 5.74) is 0.303. The molecule has 1 rings (SSSR count). The Morgan fingerprint density at radius 1 is 1.48 bits per heavy atom. The Balaban J connectivity index is 2.78. The fourth-order valence-electron chi connectivity index (χ4n) is 1.60. The molecule has 0 aliphatic heterocycles. The van der Waals surface area contributed by atoms with Gasteiger partial charge in [-0.2, -0.15) is 13.2 Å². The van der Waals surface area contributed by atoms with Crippen molar-refractivity contribution >= 4 is 11.7 Å². The Labute approximate surface area is 118 Å². The quantitative estimate of drug-likeness (QED) is 0.686. The summed E-state index contributed by atoms with van der Waals surface area (Å²) in [4.78, 5) is 22.7. The topological polar surface area (TPSA) is 75.5 Å². The molecule has 6 nitrogen and oxygen atoms in total. The van der Waals surface area contributed by atoms with E-state index in [0.29, 0.717) is 5.56 Å². The highest BCUT2D eigenvalue weighted by molar-refractivity contribution is 5.74. The lowest BCUT2D eigenvalue weighted by atomic mass is 10.1. The van der Waals surface area contributed by atoms with Crippen molar-refractivity contribution in [3.05, 3.63) is 39.9 Å². The van der Waals surface area contributed by atoms with Gasteiger partial charge in [-0.15, -0.1) is 0 Å². The molecule has 9 heteroatoms. The average Bonchev–Trinajstić information content (AvgIpc) is 2.42. The number of carbonyl (C=O) groups excluding carboxylic acids is 1. The lowest BCUT2D eigenvalue weighted by Gasteiger charge is -2.25. The van der Waals surface area contributed by atoms with Crippen LogP contribution in [0.4, 0.5) is 23.7 Å². The molecule has 0 aromatic heterocycles. The Kier molecular flexibility index (Phi) is 5.12. The van der Waals surface area contributed by atoms with Crippen molar-refractivity contribution in [1.82, 2.24) is 10.2 Å². The maximum absolute atomic E-state index is 12.0. The molecule has 1 N–H and O–H groups in total. The number of nitro groups is 1. The number of benzene rings is 1. The summed E-state index contributed by atoms with van der Waals surface area (Å²) in [5, 5.41) is 12.4. The molecule has 0 saturated heterocycles. The predicted octanol–water partition coefficient (Wildman–Crippen LogP) is 2.86. The van der Waals surface area contributed by atoms with E-state index in [1.807, 2.05) is 0 Å². The van der Waals surface area contributed by atoms with Gasteiger partial charge in [0.05, 0.1) is 11.0 Å². The van der Waals surface area contributed by atoms with E-state index in [4.69, 9.17) is 0 Å². The molecule has 21 heavy (non-hydrogen) atoms. The van der Waals surface area contributed by atoms with E-state index in [2.05, 4.69) is 0 Å². The van der Waals surface area contributed by atoms with Gasteiger partial charge in [-0.25, -0.2) is 4.79 Å². The van der Waals surface area contributed by atoms with E-state index < -0.39 is 29.7 Å². The highest BCUT2D eigenvalue weighted by Gasteiger charge is 2.29. The van der Waals surface area contributed by atoms with Gasteiger partial charge in [-0.3, -0.25) is 10.1 Å². The highest BCUT2D eigenvalue weighted by atomic mass is 19.4. The van der Waals surface area contributed by atoms with Crippen molar-refractivity contribution in [2.24, 2.45) is 0 Å². The van der Waals surface area contributed by atoms with Gasteiger partial charge in [0.25, 0.3) is 5.69 Å². The molecule has 0 saturated carbocycles. The SMILES string of the molecule is C[C@H](c1cccc([N+](=O)[O-])c1)N(C)C(=O)NCC(F)(F)F. The molecule has 1 atom stereocenters. The fourth-order valence-corrected chi connectivity index (χ4v) is 1.60. The highest BCUT2D eigenvalue weighted by Crippen LogP contribution is 2.23. The normalized spacial score (nSPS) is 12.6. The number of carbonyl (C=O) groups is 1. The van der Waals surface area contributed by atoms with E-state index in [1.165, 1.54) is 25.2 Å². The second-order valence-electron chi connectivity index (χ2n) is 4.41. The second kappa shape index (κ2) is 6.42. The van der Waals surface area contributed by atoms with Crippen molar-refractivity contribution in [2.75, 3.05) is 13.6 Å². The first-order valence-electron chi connectivity index (χ1n) is 5.93. The molecule has 1 aromatic rings. The minimum Gasteiger partial charge on any atom is -0.329 e. The molecule has 116 valence electrons. The van der Waals surface area contributed by atoms with Crippen molar-refractivity contribution < 1.29 is 22.9 Å². The van der Waals surface area contributed by atoms with E-state index in [-0.39, 0.29) is 5.69 Å². The van der Waals surface area contributed by atoms with E-state index >= 15 is 0 Å². The zero-order valence-electron chi connectivity index (χ0n) is 11.3. The number of nitrogens with one attached hydrogen (secondary N) is 1. The maximum Gasteiger partial charge on any atom is 0.405 e. The van der Waals surface area contributed by atoms with Crippen LogP contribution < -0.4 is 5.32 Å². The molecule has 0 bridgehead atoms. The molecule has 0 heterocycles. The number of urea groups is 1. The summed E-state index contributed by atoms with van der Waals surface area (Å²) >= 11 is 0. The van der Waals surface area contributed by atoms with Crippen LogP contribution in [0, 0.1) is 10.1 Å². The largest absolute Gasteiger partial charge is 0.405 e. The fraction of sp³-hybridized carbons (Fsp3) is 0.417. The molecule has 1 aromatic carbocycles. The van der Waals surface area contributed by atoms with Crippen LogP contribution in [-0.4, -0.2) is 35.6 Å². The predicted molar refractivity (Wildman–Crippen MR) is 68.7 cm³/mol. The monoisotopic (exact) mass is 305 g/mol. The van der Waals surface area contributed by atoms with E-state index in [0.717, 1.165) is 4.90 Å². The van der Waals surface area contributed by atoms with Gasteiger partial charge < -0.3 is 10.2 Å². The van der Waals surface area contributed by atoms with Gasteiger partial charge in [-0.05, 0) is 12.5 Å². The van der Waals surface area contributed by atoms with Crippen LogP contribution in [-0.2, 0) is 0 Å². The smallest absolute Gasteiger partial charge is 0.329 e. The Bertz CT molecular complexity index is 534. The molecule has 0 unspecified atom stereocenters. The third kappa shape index (κ3) is 4.93.